The van der Waals surface area contributed by atoms with Crippen LogP contribution in [0.5, 0.6) is 11.5 Å². The van der Waals surface area contributed by atoms with Crippen molar-refractivity contribution in [3.8, 4) is 22.9 Å². The third-order valence-electron chi connectivity index (χ3n) is 5.35. The number of ether oxygens (including phenoxy) is 2. The maximum atomic E-state index is 5.72. The highest BCUT2D eigenvalue weighted by atomic mass is 16.6. The van der Waals surface area contributed by atoms with Crippen LogP contribution in [0, 0.1) is 6.92 Å². The Morgan fingerprint density at radius 3 is 2.68 bits per heavy atom. The number of hydrogen-bond acceptors (Lipinski definition) is 5. The first-order valence-electron chi connectivity index (χ1n) is 9.77. The van der Waals surface area contributed by atoms with Gasteiger partial charge >= 0.3 is 0 Å². The van der Waals surface area contributed by atoms with E-state index in [1.807, 2.05) is 12.3 Å². The van der Waals surface area contributed by atoms with Crippen molar-refractivity contribution in [3.05, 3.63) is 71.0 Å². The number of aryl methyl sites for hydroxylation is 1. The van der Waals surface area contributed by atoms with Crippen molar-refractivity contribution in [1.82, 2.24) is 14.9 Å². The van der Waals surface area contributed by atoms with Gasteiger partial charge in [0.05, 0.1) is 5.69 Å². The second-order valence-corrected chi connectivity index (χ2v) is 7.47. The normalized spacial score (nSPS) is 15.9. The van der Waals surface area contributed by atoms with Gasteiger partial charge in [-0.15, -0.1) is 0 Å². The molecule has 0 N–H and O–H groups in total. The van der Waals surface area contributed by atoms with Crippen LogP contribution in [0.15, 0.2) is 48.7 Å². The fourth-order valence-electron chi connectivity index (χ4n) is 3.78. The highest BCUT2D eigenvalue weighted by Gasteiger charge is 2.20. The second kappa shape index (κ2) is 7.24. The van der Waals surface area contributed by atoms with Crippen LogP contribution in [-0.4, -0.2) is 34.6 Å². The molecule has 5 heteroatoms. The smallest absolute Gasteiger partial charge is 0.161 e. The van der Waals surface area contributed by atoms with Crippen molar-refractivity contribution in [2.75, 3.05) is 19.8 Å². The minimum absolute atomic E-state index is 0.617. The van der Waals surface area contributed by atoms with Crippen molar-refractivity contribution >= 4 is 0 Å². The van der Waals surface area contributed by atoms with Crippen LogP contribution in [0.3, 0.4) is 0 Å². The molecule has 3 aromatic rings. The van der Waals surface area contributed by atoms with Crippen LogP contribution >= 0.6 is 0 Å². The zero-order chi connectivity index (χ0) is 18.9. The van der Waals surface area contributed by atoms with Gasteiger partial charge in [0.15, 0.2) is 17.3 Å². The predicted octanol–water partition coefficient (Wildman–Crippen LogP) is 3.78. The lowest BCUT2D eigenvalue weighted by Gasteiger charge is -2.28. The summed E-state index contributed by atoms with van der Waals surface area (Å²) in [5, 5.41) is 0. The minimum atomic E-state index is 0.617. The summed E-state index contributed by atoms with van der Waals surface area (Å²) < 4.78 is 11.3. The molecule has 28 heavy (non-hydrogen) atoms. The van der Waals surface area contributed by atoms with E-state index in [1.54, 1.807) is 0 Å². The quantitative estimate of drug-likeness (QED) is 0.699. The van der Waals surface area contributed by atoms with E-state index in [-0.39, 0.29) is 0 Å². The van der Waals surface area contributed by atoms with Gasteiger partial charge in [0, 0.05) is 31.4 Å². The van der Waals surface area contributed by atoms with Gasteiger partial charge in [-0.1, -0.05) is 35.9 Å². The van der Waals surface area contributed by atoms with Gasteiger partial charge in [0.25, 0.3) is 0 Å². The summed E-state index contributed by atoms with van der Waals surface area (Å²) in [4.78, 5) is 11.9. The van der Waals surface area contributed by atoms with Crippen LogP contribution < -0.4 is 9.47 Å². The summed E-state index contributed by atoms with van der Waals surface area (Å²) in [5.41, 5.74) is 5.94. The van der Waals surface area contributed by atoms with Crippen molar-refractivity contribution in [1.29, 1.82) is 0 Å². The van der Waals surface area contributed by atoms with Gasteiger partial charge in [-0.3, -0.25) is 4.90 Å². The van der Waals surface area contributed by atoms with Crippen LogP contribution in [0.25, 0.3) is 11.4 Å². The van der Waals surface area contributed by atoms with Crippen LogP contribution in [-0.2, 0) is 19.5 Å². The number of hydrogen-bond donors (Lipinski definition) is 0. The first kappa shape index (κ1) is 17.2. The summed E-state index contributed by atoms with van der Waals surface area (Å²) in [7, 11) is 0. The molecule has 0 amide bonds. The van der Waals surface area contributed by atoms with Gasteiger partial charge in [0.2, 0.25) is 0 Å². The summed E-state index contributed by atoms with van der Waals surface area (Å²) >= 11 is 0. The minimum Gasteiger partial charge on any atom is -0.486 e. The van der Waals surface area contributed by atoms with Gasteiger partial charge in [-0.25, -0.2) is 9.97 Å². The molecule has 0 radical (unpaired) electrons. The molecule has 2 aliphatic heterocycles. The third kappa shape index (κ3) is 3.45. The SMILES string of the molecule is Cc1ccc(-c2ncc3c(n2)CN(Cc2ccc4c(c2)OCCO4)CC3)cc1. The molecule has 0 spiro atoms. The molecule has 5 nitrogen and oxygen atoms in total. The van der Waals surface area contributed by atoms with Gasteiger partial charge in [-0.05, 0) is 36.6 Å². The molecule has 3 heterocycles. The molecule has 0 saturated carbocycles. The van der Waals surface area contributed by atoms with E-state index in [2.05, 4.69) is 53.2 Å². The molecule has 142 valence electrons. The molecule has 0 atom stereocenters. The van der Waals surface area contributed by atoms with E-state index < -0.39 is 0 Å². The second-order valence-electron chi connectivity index (χ2n) is 7.47. The molecular formula is C23H23N3O2. The Morgan fingerprint density at radius 1 is 1.00 bits per heavy atom. The third-order valence-corrected chi connectivity index (χ3v) is 5.35. The van der Waals surface area contributed by atoms with E-state index in [9.17, 15) is 0 Å². The first-order valence-corrected chi connectivity index (χ1v) is 9.77. The van der Waals surface area contributed by atoms with Crippen molar-refractivity contribution in [2.45, 2.75) is 26.4 Å². The topological polar surface area (TPSA) is 47.5 Å². The highest BCUT2D eigenvalue weighted by molar-refractivity contribution is 5.55. The Hall–Kier alpha value is -2.92. The fraction of sp³-hybridized carbons (Fsp3) is 0.304. The van der Waals surface area contributed by atoms with Crippen LogP contribution in [0.2, 0.25) is 0 Å². The fourth-order valence-corrected chi connectivity index (χ4v) is 3.78. The van der Waals surface area contributed by atoms with Crippen LogP contribution in [0.1, 0.15) is 22.4 Å². The number of aromatic nitrogens is 2. The molecule has 0 unspecified atom stereocenters. The van der Waals surface area contributed by atoms with Crippen LogP contribution in [0.4, 0.5) is 0 Å². The molecule has 0 saturated heterocycles. The Balaban J connectivity index is 1.34. The molecule has 0 aliphatic carbocycles. The van der Waals surface area contributed by atoms with E-state index >= 15 is 0 Å². The molecule has 0 bridgehead atoms. The lowest BCUT2D eigenvalue weighted by atomic mass is 10.0. The maximum Gasteiger partial charge on any atom is 0.161 e. The molecule has 2 aliphatic rings. The van der Waals surface area contributed by atoms with E-state index in [1.165, 1.54) is 16.7 Å². The average Bonchev–Trinajstić information content (AvgIpc) is 2.74. The van der Waals surface area contributed by atoms with Crippen molar-refractivity contribution < 1.29 is 9.47 Å². The average molecular weight is 373 g/mol. The van der Waals surface area contributed by atoms with Crippen molar-refractivity contribution in [3.63, 3.8) is 0 Å². The number of benzene rings is 2. The standard InChI is InChI=1S/C23H23N3O2/c1-16-2-5-18(6-3-16)23-24-13-19-8-9-26(15-20(19)25-23)14-17-4-7-21-22(12-17)28-11-10-27-21/h2-7,12-13H,8-11,14-15H2,1H3. The summed E-state index contributed by atoms with van der Waals surface area (Å²) in [6, 6.07) is 14.6. The number of rotatable bonds is 3. The first-order chi connectivity index (χ1) is 13.7. The summed E-state index contributed by atoms with van der Waals surface area (Å²) in [6.07, 6.45) is 2.98. The zero-order valence-electron chi connectivity index (χ0n) is 16.0. The Bertz CT molecular complexity index is 1000. The molecule has 0 fully saturated rings. The van der Waals surface area contributed by atoms with E-state index in [4.69, 9.17) is 14.5 Å². The van der Waals surface area contributed by atoms with E-state index in [0.717, 1.165) is 54.6 Å². The molecule has 5 rings (SSSR count). The maximum absolute atomic E-state index is 5.72. The number of nitrogens with zero attached hydrogens (tertiary/aromatic N) is 3. The lowest BCUT2D eigenvalue weighted by Crippen LogP contribution is -2.31. The summed E-state index contributed by atoms with van der Waals surface area (Å²) in [5.74, 6) is 2.50. The van der Waals surface area contributed by atoms with E-state index in [0.29, 0.717) is 13.2 Å². The zero-order valence-corrected chi connectivity index (χ0v) is 16.0. The Morgan fingerprint density at radius 2 is 1.82 bits per heavy atom. The summed E-state index contributed by atoms with van der Waals surface area (Å²) in [6.45, 7) is 6.05. The lowest BCUT2D eigenvalue weighted by molar-refractivity contribution is 0.171. The van der Waals surface area contributed by atoms with Crippen molar-refractivity contribution in [2.24, 2.45) is 0 Å². The van der Waals surface area contributed by atoms with Gasteiger partial charge < -0.3 is 9.47 Å². The molecule has 1 aromatic heterocycles. The van der Waals surface area contributed by atoms with Gasteiger partial charge in [0.1, 0.15) is 13.2 Å². The van der Waals surface area contributed by atoms with Gasteiger partial charge in [-0.2, -0.15) is 0 Å². The predicted molar refractivity (Wildman–Crippen MR) is 107 cm³/mol. The Labute approximate surface area is 165 Å². The Kier molecular flexibility index (Phi) is 4.45. The largest absolute Gasteiger partial charge is 0.486 e. The molecule has 2 aromatic carbocycles. The number of fused-ring (bicyclic) bond motifs is 2. The molecular weight excluding hydrogens is 350 g/mol. The highest BCUT2D eigenvalue weighted by Crippen LogP contribution is 2.31. The monoisotopic (exact) mass is 373 g/mol.